The van der Waals surface area contributed by atoms with E-state index in [0.717, 1.165) is 3.57 Å². The van der Waals surface area contributed by atoms with Crippen molar-refractivity contribution in [3.63, 3.8) is 0 Å². The Morgan fingerprint density at radius 1 is 1.12 bits per heavy atom. The lowest BCUT2D eigenvalue weighted by molar-refractivity contribution is 0.00578. The summed E-state index contributed by atoms with van der Waals surface area (Å²) < 4.78 is 12.8. The van der Waals surface area contributed by atoms with Crippen LogP contribution in [-0.2, 0) is 9.31 Å². The molecule has 0 aliphatic carbocycles. The highest BCUT2D eigenvalue weighted by Gasteiger charge is 2.52. The van der Waals surface area contributed by atoms with Crippen molar-refractivity contribution in [2.45, 2.75) is 38.9 Å². The Kier molecular flexibility index (Phi) is 3.21. The first-order valence-corrected chi connectivity index (χ1v) is 6.65. The molecule has 0 radical (unpaired) electrons. The Hall–Kier alpha value is -0.265. The fourth-order valence-electron chi connectivity index (χ4n) is 1.68. The van der Waals surface area contributed by atoms with Gasteiger partial charge in [-0.05, 0) is 68.5 Å². The van der Waals surface area contributed by atoms with Crippen LogP contribution in [0.1, 0.15) is 27.7 Å². The molecule has 17 heavy (non-hydrogen) atoms. The largest absolute Gasteiger partial charge is 0.508 e. The standard InChI is InChI=1S/C12H16BIO3/c1-11(2)12(3,4)17-13(16-11)9-7-8(14)5-6-10(9)15/h5-7,15H,1-4H3. The van der Waals surface area contributed by atoms with E-state index < -0.39 is 7.12 Å². The van der Waals surface area contributed by atoms with Gasteiger partial charge in [-0.1, -0.05) is 0 Å². The van der Waals surface area contributed by atoms with Crippen molar-refractivity contribution in [3.8, 4) is 5.75 Å². The maximum absolute atomic E-state index is 9.87. The summed E-state index contributed by atoms with van der Waals surface area (Å²) >= 11 is 2.20. The lowest BCUT2D eigenvalue weighted by Gasteiger charge is -2.32. The van der Waals surface area contributed by atoms with Crippen LogP contribution in [0.25, 0.3) is 0 Å². The van der Waals surface area contributed by atoms with E-state index >= 15 is 0 Å². The molecule has 1 saturated heterocycles. The molecule has 1 fully saturated rings. The molecule has 0 atom stereocenters. The van der Waals surface area contributed by atoms with Crippen LogP contribution in [0, 0.1) is 3.57 Å². The van der Waals surface area contributed by atoms with Gasteiger partial charge >= 0.3 is 7.12 Å². The summed E-state index contributed by atoms with van der Waals surface area (Å²) in [5.41, 5.74) is -0.0768. The molecule has 2 rings (SSSR count). The number of hydrogen-bond donors (Lipinski definition) is 1. The zero-order valence-electron chi connectivity index (χ0n) is 10.5. The van der Waals surface area contributed by atoms with Gasteiger partial charge in [-0.3, -0.25) is 0 Å². The predicted octanol–water partition coefficient (Wildman–Crippen LogP) is 2.30. The SMILES string of the molecule is CC1(C)OB(c2cc(I)ccc2O)OC1(C)C. The minimum absolute atomic E-state index is 0.212. The van der Waals surface area contributed by atoms with E-state index in [0.29, 0.717) is 5.46 Å². The van der Waals surface area contributed by atoms with Gasteiger partial charge < -0.3 is 14.4 Å². The molecule has 3 nitrogen and oxygen atoms in total. The molecular weight excluding hydrogens is 330 g/mol. The van der Waals surface area contributed by atoms with Gasteiger partial charge in [-0.25, -0.2) is 0 Å². The average Bonchev–Trinajstić information content (AvgIpc) is 2.40. The van der Waals surface area contributed by atoms with E-state index in [2.05, 4.69) is 22.6 Å². The lowest BCUT2D eigenvalue weighted by Crippen LogP contribution is -2.41. The van der Waals surface area contributed by atoms with Crippen LogP contribution < -0.4 is 5.46 Å². The Morgan fingerprint density at radius 2 is 1.65 bits per heavy atom. The predicted molar refractivity (Wildman–Crippen MR) is 76.5 cm³/mol. The Morgan fingerprint density at radius 3 is 2.18 bits per heavy atom. The number of phenols is 1. The lowest BCUT2D eigenvalue weighted by atomic mass is 9.78. The van der Waals surface area contributed by atoms with Crippen molar-refractivity contribution in [1.29, 1.82) is 0 Å². The molecule has 1 aromatic rings. The normalized spacial score (nSPS) is 21.8. The first kappa shape index (κ1) is 13.2. The highest BCUT2D eigenvalue weighted by molar-refractivity contribution is 14.1. The van der Waals surface area contributed by atoms with Gasteiger partial charge in [0.05, 0.1) is 11.2 Å². The van der Waals surface area contributed by atoms with Gasteiger partial charge in [0.15, 0.2) is 0 Å². The summed E-state index contributed by atoms with van der Waals surface area (Å²) in [7, 11) is -0.505. The van der Waals surface area contributed by atoms with E-state index in [-0.39, 0.29) is 17.0 Å². The molecule has 1 aliphatic heterocycles. The Bertz CT molecular complexity index is 429. The summed E-state index contributed by atoms with van der Waals surface area (Å²) in [5, 5.41) is 9.87. The molecule has 0 saturated carbocycles. The second-order valence-corrected chi connectivity index (χ2v) is 6.54. The summed E-state index contributed by atoms with van der Waals surface area (Å²) in [4.78, 5) is 0. The van der Waals surface area contributed by atoms with Crippen LogP contribution in [-0.4, -0.2) is 23.4 Å². The molecule has 1 aromatic carbocycles. The van der Waals surface area contributed by atoms with Crippen LogP contribution >= 0.6 is 22.6 Å². The highest BCUT2D eigenvalue weighted by atomic mass is 127. The number of halogens is 1. The monoisotopic (exact) mass is 346 g/mol. The zero-order valence-corrected chi connectivity index (χ0v) is 12.6. The Balaban J connectivity index is 2.35. The number of phenolic OH excluding ortho intramolecular Hbond substituents is 1. The van der Waals surface area contributed by atoms with Gasteiger partial charge in [0.25, 0.3) is 0 Å². The fourth-order valence-corrected chi connectivity index (χ4v) is 2.20. The molecular formula is C12H16BIO3. The van der Waals surface area contributed by atoms with Gasteiger partial charge in [0.1, 0.15) is 5.75 Å². The second kappa shape index (κ2) is 4.14. The third-order valence-corrected chi connectivity index (χ3v) is 4.17. The molecule has 0 amide bonds. The van der Waals surface area contributed by atoms with Crippen molar-refractivity contribution >= 4 is 35.2 Å². The van der Waals surface area contributed by atoms with Crippen molar-refractivity contribution < 1.29 is 14.4 Å². The molecule has 0 bridgehead atoms. The minimum Gasteiger partial charge on any atom is -0.508 e. The smallest absolute Gasteiger partial charge is 0.498 e. The van der Waals surface area contributed by atoms with E-state index in [1.54, 1.807) is 6.07 Å². The quantitative estimate of drug-likeness (QED) is 0.627. The molecule has 0 aromatic heterocycles. The number of rotatable bonds is 1. The summed E-state index contributed by atoms with van der Waals surface area (Å²) in [6.45, 7) is 7.99. The molecule has 5 heteroatoms. The maximum atomic E-state index is 9.87. The van der Waals surface area contributed by atoms with Crippen LogP contribution in [0.4, 0.5) is 0 Å². The average molecular weight is 346 g/mol. The van der Waals surface area contributed by atoms with Crippen molar-refractivity contribution in [2.24, 2.45) is 0 Å². The zero-order chi connectivity index (χ0) is 12.8. The molecule has 0 unspecified atom stereocenters. The molecule has 0 spiro atoms. The topological polar surface area (TPSA) is 38.7 Å². The van der Waals surface area contributed by atoms with Crippen molar-refractivity contribution in [2.75, 3.05) is 0 Å². The van der Waals surface area contributed by atoms with Crippen LogP contribution in [0.2, 0.25) is 0 Å². The van der Waals surface area contributed by atoms with Gasteiger partial charge in [0, 0.05) is 9.03 Å². The van der Waals surface area contributed by atoms with Crippen LogP contribution in [0.5, 0.6) is 5.75 Å². The van der Waals surface area contributed by atoms with E-state index in [9.17, 15) is 5.11 Å². The van der Waals surface area contributed by atoms with Crippen LogP contribution in [0.15, 0.2) is 18.2 Å². The van der Waals surface area contributed by atoms with E-state index in [4.69, 9.17) is 9.31 Å². The number of aromatic hydroxyl groups is 1. The first-order chi connectivity index (χ1) is 7.73. The second-order valence-electron chi connectivity index (χ2n) is 5.29. The summed E-state index contributed by atoms with van der Waals surface area (Å²) in [6, 6.07) is 5.41. The number of benzene rings is 1. The third kappa shape index (κ3) is 2.32. The fraction of sp³-hybridized carbons (Fsp3) is 0.500. The van der Waals surface area contributed by atoms with Gasteiger partial charge in [-0.2, -0.15) is 0 Å². The van der Waals surface area contributed by atoms with Crippen molar-refractivity contribution in [1.82, 2.24) is 0 Å². The van der Waals surface area contributed by atoms with E-state index in [1.165, 1.54) is 0 Å². The number of hydrogen-bond acceptors (Lipinski definition) is 3. The van der Waals surface area contributed by atoms with Crippen molar-refractivity contribution in [3.05, 3.63) is 21.8 Å². The van der Waals surface area contributed by atoms with Gasteiger partial charge in [-0.15, -0.1) is 0 Å². The molecule has 1 aliphatic rings. The van der Waals surface area contributed by atoms with E-state index in [1.807, 2.05) is 39.8 Å². The van der Waals surface area contributed by atoms with Crippen LogP contribution in [0.3, 0.4) is 0 Å². The Labute approximate surface area is 116 Å². The summed E-state index contributed by atoms with van der Waals surface area (Å²) in [5.74, 6) is 0.212. The maximum Gasteiger partial charge on any atom is 0.498 e. The summed E-state index contributed by atoms with van der Waals surface area (Å²) in [6.07, 6.45) is 0. The van der Waals surface area contributed by atoms with Gasteiger partial charge in [0.2, 0.25) is 0 Å². The first-order valence-electron chi connectivity index (χ1n) is 5.57. The molecule has 1 heterocycles. The third-order valence-electron chi connectivity index (χ3n) is 3.50. The molecule has 92 valence electrons. The highest BCUT2D eigenvalue weighted by Crippen LogP contribution is 2.37. The molecule has 1 N–H and O–H groups in total. The minimum atomic E-state index is -0.505.